The van der Waals surface area contributed by atoms with Crippen LogP contribution in [-0.2, 0) is 7.05 Å². The molecule has 0 amide bonds. The molecule has 94 valence electrons. The maximum atomic E-state index is 13.4. The van der Waals surface area contributed by atoms with Crippen LogP contribution in [0.1, 0.15) is 0 Å². The van der Waals surface area contributed by atoms with Gasteiger partial charge in [0, 0.05) is 18.0 Å². The highest BCUT2D eigenvalue weighted by Crippen LogP contribution is 2.25. The molecule has 0 aliphatic rings. The number of benzene rings is 2. The Morgan fingerprint density at radius 3 is 2.58 bits per heavy atom. The van der Waals surface area contributed by atoms with Crippen LogP contribution in [0.2, 0.25) is 0 Å². The van der Waals surface area contributed by atoms with Gasteiger partial charge in [0.1, 0.15) is 5.82 Å². The average Bonchev–Trinajstić information content (AvgIpc) is 2.43. The van der Waals surface area contributed by atoms with Crippen LogP contribution in [0.4, 0.5) is 4.39 Å². The SMILES string of the molecule is Cn1c(=O)nc(-c2ccccc2)c2cc(F)ccc21. The van der Waals surface area contributed by atoms with Crippen molar-refractivity contribution in [2.75, 3.05) is 0 Å². The van der Waals surface area contributed by atoms with Crippen molar-refractivity contribution >= 4 is 10.9 Å². The van der Waals surface area contributed by atoms with Crippen LogP contribution >= 0.6 is 0 Å². The normalized spacial score (nSPS) is 10.8. The lowest BCUT2D eigenvalue weighted by molar-refractivity contribution is 0.629. The van der Waals surface area contributed by atoms with Crippen molar-refractivity contribution in [1.29, 1.82) is 0 Å². The zero-order chi connectivity index (χ0) is 13.4. The van der Waals surface area contributed by atoms with E-state index < -0.39 is 0 Å². The summed E-state index contributed by atoms with van der Waals surface area (Å²) in [5.41, 5.74) is 1.63. The summed E-state index contributed by atoms with van der Waals surface area (Å²) >= 11 is 0. The van der Waals surface area contributed by atoms with Gasteiger partial charge in [-0.1, -0.05) is 30.3 Å². The first-order chi connectivity index (χ1) is 9.16. The molecule has 3 rings (SSSR count). The van der Waals surface area contributed by atoms with Crippen LogP contribution in [0.25, 0.3) is 22.2 Å². The van der Waals surface area contributed by atoms with E-state index in [1.54, 1.807) is 13.1 Å². The Labute approximate surface area is 109 Å². The standard InChI is InChI=1S/C15H11FN2O/c1-18-13-8-7-11(16)9-12(13)14(17-15(18)19)10-5-3-2-4-6-10/h2-9H,1H3. The smallest absolute Gasteiger partial charge is 0.295 e. The maximum absolute atomic E-state index is 13.4. The first kappa shape index (κ1) is 11.6. The van der Waals surface area contributed by atoms with E-state index in [0.29, 0.717) is 16.6 Å². The summed E-state index contributed by atoms with van der Waals surface area (Å²) in [5.74, 6) is -0.342. The van der Waals surface area contributed by atoms with Crippen LogP contribution in [-0.4, -0.2) is 9.55 Å². The number of halogens is 1. The van der Waals surface area contributed by atoms with Gasteiger partial charge in [-0.3, -0.25) is 4.57 Å². The van der Waals surface area contributed by atoms with Gasteiger partial charge in [0.25, 0.3) is 0 Å². The number of rotatable bonds is 1. The lowest BCUT2D eigenvalue weighted by Crippen LogP contribution is -2.21. The molecule has 1 heterocycles. The van der Waals surface area contributed by atoms with Gasteiger partial charge in [0.15, 0.2) is 0 Å². The molecule has 0 N–H and O–H groups in total. The summed E-state index contributed by atoms with van der Waals surface area (Å²) < 4.78 is 14.9. The summed E-state index contributed by atoms with van der Waals surface area (Å²) in [5, 5.41) is 0.633. The average molecular weight is 254 g/mol. The molecular weight excluding hydrogens is 243 g/mol. The monoisotopic (exact) mass is 254 g/mol. The predicted molar refractivity (Wildman–Crippen MR) is 72.4 cm³/mol. The molecular formula is C15H11FN2O. The van der Waals surface area contributed by atoms with E-state index in [2.05, 4.69) is 4.98 Å². The summed E-state index contributed by atoms with van der Waals surface area (Å²) in [6.45, 7) is 0. The van der Waals surface area contributed by atoms with Crippen molar-refractivity contribution < 1.29 is 4.39 Å². The second kappa shape index (κ2) is 4.31. The topological polar surface area (TPSA) is 34.9 Å². The van der Waals surface area contributed by atoms with Crippen LogP contribution in [0.15, 0.2) is 53.3 Å². The van der Waals surface area contributed by atoms with Crippen molar-refractivity contribution in [1.82, 2.24) is 9.55 Å². The Bertz CT molecular complexity index is 809. The first-order valence-corrected chi connectivity index (χ1v) is 5.88. The van der Waals surface area contributed by atoms with Gasteiger partial charge in [0.2, 0.25) is 0 Å². The van der Waals surface area contributed by atoms with Crippen molar-refractivity contribution in [2.24, 2.45) is 7.05 Å². The van der Waals surface area contributed by atoms with E-state index in [0.717, 1.165) is 5.56 Å². The third-order valence-corrected chi connectivity index (χ3v) is 3.12. The molecule has 0 radical (unpaired) electrons. The van der Waals surface area contributed by atoms with Gasteiger partial charge >= 0.3 is 5.69 Å². The Morgan fingerprint density at radius 1 is 1.11 bits per heavy atom. The quantitative estimate of drug-likeness (QED) is 0.669. The van der Waals surface area contributed by atoms with Gasteiger partial charge in [-0.2, -0.15) is 4.98 Å². The second-order valence-corrected chi connectivity index (χ2v) is 4.33. The Morgan fingerprint density at radius 2 is 1.84 bits per heavy atom. The van der Waals surface area contributed by atoms with Gasteiger partial charge in [0.05, 0.1) is 11.2 Å². The number of aromatic nitrogens is 2. The molecule has 19 heavy (non-hydrogen) atoms. The molecule has 0 saturated heterocycles. The zero-order valence-electron chi connectivity index (χ0n) is 10.3. The highest BCUT2D eigenvalue weighted by Gasteiger charge is 2.10. The molecule has 0 fully saturated rings. The van der Waals surface area contributed by atoms with Gasteiger partial charge < -0.3 is 0 Å². The van der Waals surface area contributed by atoms with Crippen molar-refractivity contribution in [3.63, 3.8) is 0 Å². The van der Waals surface area contributed by atoms with Crippen LogP contribution in [0, 0.1) is 5.82 Å². The molecule has 4 heteroatoms. The lowest BCUT2D eigenvalue weighted by Gasteiger charge is -2.09. The summed E-state index contributed by atoms with van der Waals surface area (Å²) in [4.78, 5) is 15.9. The van der Waals surface area contributed by atoms with E-state index >= 15 is 0 Å². The minimum absolute atomic E-state index is 0.342. The fraction of sp³-hybridized carbons (Fsp3) is 0.0667. The molecule has 0 unspecified atom stereocenters. The second-order valence-electron chi connectivity index (χ2n) is 4.33. The van der Waals surface area contributed by atoms with Gasteiger partial charge in [-0.15, -0.1) is 0 Å². The molecule has 0 spiro atoms. The van der Waals surface area contributed by atoms with E-state index in [-0.39, 0.29) is 11.5 Å². The number of hydrogen-bond donors (Lipinski definition) is 0. The molecule has 3 aromatic rings. The molecule has 0 saturated carbocycles. The van der Waals surface area contributed by atoms with E-state index in [4.69, 9.17) is 0 Å². The summed E-state index contributed by atoms with van der Waals surface area (Å²) in [7, 11) is 1.63. The van der Waals surface area contributed by atoms with Crippen molar-refractivity contribution in [2.45, 2.75) is 0 Å². The molecule has 1 aromatic heterocycles. The van der Waals surface area contributed by atoms with E-state index in [1.807, 2.05) is 30.3 Å². The Hall–Kier alpha value is -2.49. The van der Waals surface area contributed by atoms with E-state index in [1.165, 1.54) is 16.7 Å². The minimum Gasteiger partial charge on any atom is -0.295 e. The summed E-state index contributed by atoms with van der Waals surface area (Å²) in [6, 6.07) is 13.7. The third kappa shape index (κ3) is 1.91. The molecule has 2 aromatic carbocycles. The van der Waals surface area contributed by atoms with Gasteiger partial charge in [-0.05, 0) is 18.2 Å². The highest BCUT2D eigenvalue weighted by atomic mass is 19.1. The fourth-order valence-electron chi connectivity index (χ4n) is 2.14. The molecule has 0 aliphatic heterocycles. The zero-order valence-corrected chi connectivity index (χ0v) is 10.3. The number of hydrogen-bond acceptors (Lipinski definition) is 2. The third-order valence-electron chi connectivity index (χ3n) is 3.12. The van der Waals surface area contributed by atoms with Gasteiger partial charge in [-0.25, -0.2) is 9.18 Å². The largest absolute Gasteiger partial charge is 0.348 e. The van der Waals surface area contributed by atoms with Crippen LogP contribution in [0.5, 0.6) is 0 Å². The number of nitrogens with zero attached hydrogens (tertiary/aromatic N) is 2. The lowest BCUT2D eigenvalue weighted by atomic mass is 10.1. The fourth-order valence-corrected chi connectivity index (χ4v) is 2.14. The Kier molecular flexibility index (Phi) is 2.63. The highest BCUT2D eigenvalue weighted by molar-refractivity contribution is 5.92. The van der Waals surface area contributed by atoms with Crippen molar-refractivity contribution in [3.8, 4) is 11.3 Å². The number of fused-ring (bicyclic) bond motifs is 1. The molecule has 3 nitrogen and oxygen atoms in total. The van der Waals surface area contributed by atoms with Crippen molar-refractivity contribution in [3.05, 3.63) is 64.8 Å². The number of aryl methyl sites for hydroxylation is 1. The maximum Gasteiger partial charge on any atom is 0.348 e. The molecule has 0 atom stereocenters. The summed E-state index contributed by atoms with van der Waals surface area (Å²) in [6.07, 6.45) is 0. The first-order valence-electron chi connectivity index (χ1n) is 5.88. The van der Waals surface area contributed by atoms with Crippen LogP contribution < -0.4 is 5.69 Å². The molecule has 0 aliphatic carbocycles. The minimum atomic E-state index is -0.349. The predicted octanol–water partition coefficient (Wildman–Crippen LogP) is 2.74. The Balaban J connectivity index is 2.45. The van der Waals surface area contributed by atoms with E-state index in [9.17, 15) is 9.18 Å². The van der Waals surface area contributed by atoms with Crippen LogP contribution in [0.3, 0.4) is 0 Å². The molecule has 0 bridgehead atoms.